The van der Waals surface area contributed by atoms with E-state index in [1.54, 1.807) is 18.1 Å². The highest BCUT2D eigenvalue weighted by atomic mass is 16.5. The number of H-pyrrole nitrogens is 1. The maximum absolute atomic E-state index is 12.7. The van der Waals surface area contributed by atoms with Crippen molar-refractivity contribution in [1.29, 1.82) is 0 Å². The molecule has 8 heteroatoms. The number of carbonyl (C=O) groups is 2. The van der Waals surface area contributed by atoms with Gasteiger partial charge in [0.05, 0.1) is 7.11 Å². The largest absolute Gasteiger partial charge is 0.464 e. The van der Waals surface area contributed by atoms with Crippen molar-refractivity contribution in [2.24, 2.45) is 7.05 Å². The summed E-state index contributed by atoms with van der Waals surface area (Å²) in [5.74, 6) is -0.420. The molecule has 0 aromatic carbocycles. The van der Waals surface area contributed by atoms with Crippen LogP contribution in [0.15, 0.2) is 18.3 Å². The van der Waals surface area contributed by atoms with E-state index in [9.17, 15) is 9.59 Å². The molecule has 1 unspecified atom stereocenters. The Bertz CT molecular complexity index is 707. The van der Waals surface area contributed by atoms with Gasteiger partial charge in [0.15, 0.2) is 5.69 Å². The molecule has 3 rings (SSSR count). The van der Waals surface area contributed by atoms with E-state index in [1.165, 1.54) is 17.9 Å². The van der Waals surface area contributed by atoms with Crippen LogP contribution in [0.5, 0.6) is 0 Å². The summed E-state index contributed by atoms with van der Waals surface area (Å²) < 4.78 is 6.07. The molecule has 1 saturated heterocycles. The standard InChI is InChI=1S/C15H19N5O3/c1-19-13(8-12(18-19)15(22)23-2)14(21)20-7-3-4-10(9-20)11-5-6-16-17-11/h5-6,8,10H,3-4,7,9H2,1-2H3,(H,16,17). The van der Waals surface area contributed by atoms with Crippen LogP contribution in [0, 0.1) is 0 Å². The number of aromatic amines is 1. The lowest BCUT2D eigenvalue weighted by atomic mass is 9.95. The molecule has 0 bridgehead atoms. The van der Waals surface area contributed by atoms with Crippen molar-refractivity contribution >= 4 is 11.9 Å². The van der Waals surface area contributed by atoms with Gasteiger partial charge < -0.3 is 9.64 Å². The van der Waals surface area contributed by atoms with E-state index in [2.05, 4.69) is 20.0 Å². The van der Waals surface area contributed by atoms with E-state index < -0.39 is 5.97 Å². The van der Waals surface area contributed by atoms with Crippen LogP contribution in [-0.4, -0.2) is 57.0 Å². The number of amides is 1. The Kier molecular flexibility index (Phi) is 4.14. The highest BCUT2D eigenvalue weighted by Gasteiger charge is 2.28. The highest BCUT2D eigenvalue weighted by molar-refractivity contribution is 5.96. The minimum Gasteiger partial charge on any atom is -0.464 e. The van der Waals surface area contributed by atoms with Crippen molar-refractivity contribution in [3.05, 3.63) is 35.4 Å². The van der Waals surface area contributed by atoms with Crippen molar-refractivity contribution in [3.63, 3.8) is 0 Å². The van der Waals surface area contributed by atoms with Crippen LogP contribution in [0.2, 0.25) is 0 Å². The van der Waals surface area contributed by atoms with Gasteiger partial charge >= 0.3 is 5.97 Å². The Balaban J connectivity index is 1.77. The van der Waals surface area contributed by atoms with Crippen LogP contribution in [0.25, 0.3) is 0 Å². The third-order valence-corrected chi connectivity index (χ3v) is 4.16. The molecule has 23 heavy (non-hydrogen) atoms. The first-order valence-corrected chi connectivity index (χ1v) is 7.51. The minimum absolute atomic E-state index is 0.126. The number of hydrogen-bond donors (Lipinski definition) is 1. The summed E-state index contributed by atoms with van der Waals surface area (Å²) in [5.41, 5.74) is 1.57. The van der Waals surface area contributed by atoms with Crippen molar-refractivity contribution in [1.82, 2.24) is 24.9 Å². The van der Waals surface area contributed by atoms with E-state index in [0.29, 0.717) is 18.8 Å². The van der Waals surface area contributed by atoms with E-state index in [1.807, 2.05) is 6.07 Å². The summed E-state index contributed by atoms with van der Waals surface area (Å²) in [6.07, 6.45) is 3.67. The fourth-order valence-corrected chi connectivity index (χ4v) is 2.94. The Hall–Kier alpha value is -2.64. The molecule has 1 fully saturated rings. The van der Waals surface area contributed by atoms with Crippen molar-refractivity contribution in [2.45, 2.75) is 18.8 Å². The first-order valence-electron chi connectivity index (χ1n) is 7.51. The molecule has 0 saturated carbocycles. The summed E-state index contributed by atoms with van der Waals surface area (Å²) in [6, 6.07) is 3.42. The molecule has 8 nitrogen and oxygen atoms in total. The summed E-state index contributed by atoms with van der Waals surface area (Å²) in [5, 5.41) is 11.0. The quantitative estimate of drug-likeness (QED) is 0.851. The summed E-state index contributed by atoms with van der Waals surface area (Å²) in [6.45, 7) is 1.32. The highest BCUT2D eigenvalue weighted by Crippen LogP contribution is 2.26. The van der Waals surface area contributed by atoms with Gasteiger partial charge in [-0.15, -0.1) is 0 Å². The van der Waals surface area contributed by atoms with Gasteiger partial charge in [-0.05, 0) is 18.9 Å². The Morgan fingerprint density at radius 2 is 2.26 bits per heavy atom. The molecule has 0 spiro atoms. The molecule has 1 atom stereocenters. The number of piperidine rings is 1. The van der Waals surface area contributed by atoms with Gasteiger partial charge in [-0.1, -0.05) is 0 Å². The molecule has 122 valence electrons. The number of hydrogen-bond acceptors (Lipinski definition) is 5. The smallest absolute Gasteiger partial charge is 0.358 e. The molecule has 3 heterocycles. The molecule has 2 aromatic heterocycles. The molecule has 1 aliphatic rings. The van der Waals surface area contributed by atoms with Gasteiger partial charge in [-0.3, -0.25) is 14.6 Å². The maximum atomic E-state index is 12.7. The lowest BCUT2D eigenvalue weighted by Gasteiger charge is -2.32. The number of likely N-dealkylation sites (tertiary alicyclic amines) is 1. The van der Waals surface area contributed by atoms with Crippen LogP contribution in [0.1, 0.15) is 45.4 Å². The molecular formula is C15H19N5O3. The average molecular weight is 317 g/mol. The fraction of sp³-hybridized carbons (Fsp3) is 0.467. The summed E-state index contributed by atoms with van der Waals surface area (Å²) in [7, 11) is 2.94. The number of methoxy groups -OCH3 is 1. The minimum atomic E-state index is -0.548. The van der Waals surface area contributed by atoms with Gasteiger partial charge in [-0.25, -0.2) is 4.79 Å². The van der Waals surface area contributed by atoms with Crippen LogP contribution in [0.4, 0.5) is 0 Å². The second kappa shape index (κ2) is 6.23. The lowest BCUT2D eigenvalue weighted by Crippen LogP contribution is -2.40. The van der Waals surface area contributed by atoms with Gasteiger partial charge in [0.2, 0.25) is 0 Å². The number of esters is 1. The predicted octanol–water partition coefficient (Wildman–Crippen LogP) is 0.950. The normalized spacial score (nSPS) is 18.0. The van der Waals surface area contributed by atoms with Gasteiger partial charge in [0, 0.05) is 44.0 Å². The van der Waals surface area contributed by atoms with E-state index in [-0.39, 0.29) is 17.5 Å². The van der Waals surface area contributed by atoms with E-state index in [4.69, 9.17) is 0 Å². The lowest BCUT2D eigenvalue weighted by molar-refractivity contribution is 0.0592. The van der Waals surface area contributed by atoms with Gasteiger partial charge in [0.1, 0.15) is 5.69 Å². The first kappa shape index (κ1) is 15.3. The first-order chi connectivity index (χ1) is 11.1. The van der Waals surface area contributed by atoms with Crippen LogP contribution in [0.3, 0.4) is 0 Å². The fourth-order valence-electron chi connectivity index (χ4n) is 2.94. The number of ether oxygens (including phenoxy) is 1. The van der Waals surface area contributed by atoms with Crippen molar-refractivity contribution < 1.29 is 14.3 Å². The second-order valence-electron chi connectivity index (χ2n) is 5.63. The zero-order valence-corrected chi connectivity index (χ0v) is 13.2. The molecule has 1 amide bonds. The number of nitrogens with zero attached hydrogens (tertiary/aromatic N) is 4. The van der Waals surface area contributed by atoms with Crippen LogP contribution in [-0.2, 0) is 11.8 Å². The molecule has 0 aliphatic carbocycles. The third-order valence-electron chi connectivity index (χ3n) is 4.16. The van der Waals surface area contributed by atoms with E-state index in [0.717, 1.165) is 18.5 Å². The van der Waals surface area contributed by atoms with Crippen LogP contribution >= 0.6 is 0 Å². The Labute approximate surface area is 133 Å². The molecule has 1 aliphatic heterocycles. The maximum Gasteiger partial charge on any atom is 0.358 e. The molecular weight excluding hydrogens is 298 g/mol. The van der Waals surface area contributed by atoms with Gasteiger partial charge in [0.25, 0.3) is 5.91 Å². The van der Waals surface area contributed by atoms with E-state index >= 15 is 0 Å². The molecule has 0 radical (unpaired) electrons. The zero-order valence-electron chi connectivity index (χ0n) is 13.2. The second-order valence-corrected chi connectivity index (χ2v) is 5.63. The Morgan fingerprint density at radius 1 is 1.43 bits per heavy atom. The number of carbonyl (C=O) groups excluding carboxylic acids is 2. The predicted molar refractivity (Wildman–Crippen MR) is 81.0 cm³/mol. The summed E-state index contributed by atoms with van der Waals surface area (Å²) in [4.78, 5) is 26.1. The number of aryl methyl sites for hydroxylation is 1. The SMILES string of the molecule is COC(=O)c1cc(C(=O)N2CCCC(c3ccn[nH]3)C2)n(C)n1. The van der Waals surface area contributed by atoms with Crippen LogP contribution < -0.4 is 0 Å². The zero-order chi connectivity index (χ0) is 16.4. The number of aromatic nitrogens is 4. The third kappa shape index (κ3) is 2.96. The topological polar surface area (TPSA) is 93.1 Å². The van der Waals surface area contributed by atoms with Gasteiger partial charge in [-0.2, -0.15) is 10.2 Å². The average Bonchev–Trinajstić information content (AvgIpc) is 3.23. The van der Waals surface area contributed by atoms with Crippen molar-refractivity contribution in [2.75, 3.05) is 20.2 Å². The number of rotatable bonds is 3. The molecule has 1 N–H and O–H groups in total. The van der Waals surface area contributed by atoms with Crippen molar-refractivity contribution in [3.8, 4) is 0 Å². The molecule has 2 aromatic rings. The Morgan fingerprint density at radius 3 is 2.96 bits per heavy atom. The number of nitrogens with one attached hydrogen (secondary N) is 1. The monoisotopic (exact) mass is 317 g/mol. The summed E-state index contributed by atoms with van der Waals surface area (Å²) >= 11 is 0.